The van der Waals surface area contributed by atoms with Gasteiger partial charge in [-0.3, -0.25) is 4.79 Å². The van der Waals surface area contributed by atoms with Crippen LogP contribution in [0.3, 0.4) is 0 Å². The van der Waals surface area contributed by atoms with Gasteiger partial charge in [-0.15, -0.1) is 0 Å². The minimum Gasteiger partial charge on any atom is -0.385 e. The van der Waals surface area contributed by atoms with Crippen LogP contribution in [-0.4, -0.2) is 38.8 Å². The molecule has 4 nitrogen and oxygen atoms in total. The minimum absolute atomic E-state index is 0.0525. The predicted molar refractivity (Wildman–Crippen MR) is 61.9 cm³/mol. The van der Waals surface area contributed by atoms with Crippen molar-refractivity contribution in [3.05, 3.63) is 0 Å². The summed E-state index contributed by atoms with van der Waals surface area (Å²) < 4.78 is 4.94. The molecule has 0 unspecified atom stereocenters. The van der Waals surface area contributed by atoms with Crippen LogP contribution in [0.1, 0.15) is 33.1 Å². The number of methoxy groups -OCH3 is 1. The third-order valence-electron chi connectivity index (χ3n) is 2.50. The van der Waals surface area contributed by atoms with Gasteiger partial charge in [0, 0.05) is 20.3 Å². The lowest BCUT2D eigenvalue weighted by atomic mass is 10.1. The maximum Gasteiger partial charge on any atom is 0.239 e. The van der Waals surface area contributed by atoms with E-state index in [4.69, 9.17) is 4.74 Å². The van der Waals surface area contributed by atoms with E-state index in [-0.39, 0.29) is 5.91 Å². The smallest absolute Gasteiger partial charge is 0.239 e. The number of rotatable bonds is 8. The minimum atomic E-state index is -0.480. The summed E-state index contributed by atoms with van der Waals surface area (Å²) in [5.41, 5.74) is -0.480. The second kappa shape index (κ2) is 7.65. The second-order valence-electron chi connectivity index (χ2n) is 4.18. The van der Waals surface area contributed by atoms with Crippen molar-refractivity contribution >= 4 is 5.91 Å². The maximum absolute atomic E-state index is 11.6. The van der Waals surface area contributed by atoms with Crippen LogP contribution in [0.25, 0.3) is 0 Å². The second-order valence-corrected chi connectivity index (χ2v) is 4.18. The van der Waals surface area contributed by atoms with Gasteiger partial charge in [-0.25, -0.2) is 0 Å². The van der Waals surface area contributed by atoms with Gasteiger partial charge in [0.15, 0.2) is 0 Å². The number of hydrogen-bond donors (Lipinski definition) is 2. The third-order valence-corrected chi connectivity index (χ3v) is 2.50. The van der Waals surface area contributed by atoms with E-state index >= 15 is 0 Å². The molecule has 0 fully saturated rings. The largest absolute Gasteiger partial charge is 0.385 e. The zero-order valence-corrected chi connectivity index (χ0v) is 10.4. The molecule has 90 valence electrons. The summed E-state index contributed by atoms with van der Waals surface area (Å²) in [5.74, 6) is 0.0525. The number of nitrogens with one attached hydrogen (secondary N) is 2. The van der Waals surface area contributed by atoms with Crippen LogP contribution in [-0.2, 0) is 9.53 Å². The molecule has 0 aliphatic heterocycles. The Kier molecular flexibility index (Phi) is 7.34. The molecule has 0 bridgehead atoms. The molecule has 4 heteroatoms. The van der Waals surface area contributed by atoms with Crippen LogP contribution in [0.4, 0.5) is 0 Å². The van der Waals surface area contributed by atoms with E-state index in [0.717, 1.165) is 32.4 Å². The first-order valence-electron chi connectivity index (χ1n) is 5.50. The Labute approximate surface area is 92.8 Å². The Morgan fingerprint density at radius 1 is 1.27 bits per heavy atom. The molecule has 0 aliphatic rings. The Balaban J connectivity index is 3.47. The highest BCUT2D eigenvalue weighted by Gasteiger charge is 2.24. The molecule has 0 atom stereocenters. The predicted octanol–water partition coefficient (Wildman–Crippen LogP) is 0.917. The van der Waals surface area contributed by atoms with E-state index in [1.807, 2.05) is 13.8 Å². The highest BCUT2D eigenvalue weighted by atomic mass is 16.5. The highest BCUT2D eigenvalue weighted by Crippen LogP contribution is 2.00. The zero-order valence-electron chi connectivity index (χ0n) is 10.4. The fourth-order valence-corrected chi connectivity index (χ4v) is 1.08. The summed E-state index contributed by atoms with van der Waals surface area (Å²) >= 11 is 0. The normalized spacial score (nSPS) is 11.5. The van der Waals surface area contributed by atoms with Crippen molar-refractivity contribution in [1.82, 2.24) is 10.6 Å². The van der Waals surface area contributed by atoms with Crippen LogP contribution in [0.2, 0.25) is 0 Å². The molecular formula is C11H24N2O2. The summed E-state index contributed by atoms with van der Waals surface area (Å²) in [7, 11) is 3.50. The lowest BCUT2D eigenvalue weighted by Gasteiger charge is -2.22. The highest BCUT2D eigenvalue weighted by molar-refractivity contribution is 5.85. The molecule has 0 aromatic heterocycles. The Morgan fingerprint density at radius 2 is 1.93 bits per heavy atom. The maximum atomic E-state index is 11.6. The standard InChI is InChI=1S/C11H24N2O2/c1-11(2,12-3)10(14)13-8-6-5-7-9-15-4/h12H,5-9H2,1-4H3,(H,13,14). The lowest BCUT2D eigenvalue weighted by molar-refractivity contribution is -0.126. The molecule has 15 heavy (non-hydrogen) atoms. The molecule has 2 N–H and O–H groups in total. The van der Waals surface area contributed by atoms with Gasteiger partial charge in [0.2, 0.25) is 5.91 Å². The summed E-state index contributed by atoms with van der Waals surface area (Å²) in [6.07, 6.45) is 3.16. The molecular weight excluding hydrogens is 192 g/mol. The number of hydrogen-bond acceptors (Lipinski definition) is 3. The van der Waals surface area contributed by atoms with Crippen molar-refractivity contribution in [2.24, 2.45) is 0 Å². The molecule has 0 saturated carbocycles. The topological polar surface area (TPSA) is 50.4 Å². The number of ether oxygens (including phenoxy) is 1. The average molecular weight is 216 g/mol. The van der Waals surface area contributed by atoms with E-state index < -0.39 is 5.54 Å². The first-order chi connectivity index (χ1) is 7.04. The molecule has 0 aliphatic carbocycles. The monoisotopic (exact) mass is 216 g/mol. The molecule has 0 aromatic rings. The number of carbonyl (C=O) groups is 1. The first-order valence-corrected chi connectivity index (χ1v) is 5.50. The summed E-state index contributed by atoms with van der Waals surface area (Å²) in [4.78, 5) is 11.6. The van der Waals surface area contributed by atoms with Crippen molar-refractivity contribution < 1.29 is 9.53 Å². The Hall–Kier alpha value is -0.610. The van der Waals surface area contributed by atoms with Crippen LogP contribution in [0.15, 0.2) is 0 Å². The zero-order chi connectivity index (χ0) is 11.7. The summed E-state index contributed by atoms with van der Waals surface area (Å²) in [6, 6.07) is 0. The van der Waals surface area contributed by atoms with Gasteiger partial charge in [0.25, 0.3) is 0 Å². The van der Waals surface area contributed by atoms with Gasteiger partial charge in [-0.2, -0.15) is 0 Å². The van der Waals surface area contributed by atoms with E-state index in [0.29, 0.717) is 0 Å². The van der Waals surface area contributed by atoms with Gasteiger partial charge in [-0.05, 0) is 40.2 Å². The van der Waals surface area contributed by atoms with Crippen LogP contribution >= 0.6 is 0 Å². The van der Waals surface area contributed by atoms with Crippen molar-refractivity contribution in [3.63, 3.8) is 0 Å². The number of carbonyl (C=O) groups excluding carboxylic acids is 1. The third kappa shape index (κ3) is 6.47. The van der Waals surface area contributed by atoms with E-state index in [1.54, 1.807) is 14.2 Å². The van der Waals surface area contributed by atoms with Crippen LogP contribution in [0.5, 0.6) is 0 Å². The van der Waals surface area contributed by atoms with Crippen molar-refractivity contribution in [3.8, 4) is 0 Å². The molecule has 1 amide bonds. The van der Waals surface area contributed by atoms with Gasteiger partial charge >= 0.3 is 0 Å². The molecule has 0 spiro atoms. The first kappa shape index (κ1) is 14.4. The van der Waals surface area contributed by atoms with Gasteiger partial charge in [0.05, 0.1) is 5.54 Å². The van der Waals surface area contributed by atoms with E-state index in [9.17, 15) is 4.79 Å². The summed E-state index contributed by atoms with van der Waals surface area (Å²) in [5, 5.41) is 5.88. The Morgan fingerprint density at radius 3 is 2.47 bits per heavy atom. The molecule has 0 heterocycles. The lowest BCUT2D eigenvalue weighted by Crippen LogP contribution is -2.51. The fourth-order valence-electron chi connectivity index (χ4n) is 1.08. The van der Waals surface area contributed by atoms with Gasteiger partial charge in [-0.1, -0.05) is 0 Å². The van der Waals surface area contributed by atoms with Crippen LogP contribution < -0.4 is 10.6 Å². The van der Waals surface area contributed by atoms with Gasteiger partial charge < -0.3 is 15.4 Å². The summed E-state index contributed by atoms with van der Waals surface area (Å²) in [6.45, 7) is 5.28. The van der Waals surface area contributed by atoms with E-state index in [1.165, 1.54) is 0 Å². The van der Waals surface area contributed by atoms with Crippen molar-refractivity contribution in [2.75, 3.05) is 27.3 Å². The number of unbranched alkanes of at least 4 members (excludes halogenated alkanes) is 2. The molecule has 0 radical (unpaired) electrons. The number of amides is 1. The Bertz CT molecular complexity index is 181. The number of likely N-dealkylation sites (N-methyl/N-ethyl adjacent to an activating group) is 1. The molecule has 0 aromatic carbocycles. The van der Waals surface area contributed by atoms with Crippen molar-refractivity contribution in [2.45, 2.75) is 38.6 Å². The average Bonchev–Trinajstić information content (AvgIpc) is 2.22. The van der Waals surface area contributed by atoms with Crippen LogP contribution in [0, 0.1) is 0 Å². The fraction of sp³-hybridized carbons (Fsp3) is 0.909. The molecule has 0 saturated heterocycles. The SMILES string of the molecule is CNC(C)(C)C(=O)NCCCCCOC. The van der Waals surface area contributed by atoms with Gasteiger partial charge in [0.1, 0.15) is 0 Å². The van der Waals surface area contributed by atoms with Crippen molar-refractivity contribution in [1.29, 1.82) is 0 Å². The quantitative estimate of drug-likeness (QED) is 0.593. The molecule has 0 rings (SSSR count). The van der Waals surface area contributed by atoms with E-state index in [2.05, 4.69) is 10.6 Å².